The van der Waals surface area contributed by atoms with Crippen LogP contribution in [0.15, 0.2) is 29.3 Å². The third-order valence-corrected chi connectivity index (χ3v) is 6.42. The van der Waals surface area contributed by atoms with Crippen molar-refractivity contribution in [2.24, 2.45) is 10.4 Å². The number of hydrogen-bond acceptors (Lipinski definition) is 4. The first-order valence-corrected chi connectivity index (χ1v) is 9.97. The Hall–Kier alpha value is -0.930. The average Bonchev–Trinajstić information content (AvgIpc) is 3.36. The Morgan fingerprint density at radius 3 is 3.04 bits per heavy atom. The van der Waals surface area contributed by atoms with Gasteiger partial charge in [-0.1, -0.05) is 12.1 Å². The second-order valence-corrected chi connectivity index (χ2v) is 8.24. The summed E-state index contributed by atoms with van der Waals surface area (Å²) >= 11 is 1.81. The summed E-state index contributed by atoms with van der Waals surface area (Å²) in [5.41, 5.74) is 1.49. The molecule has 2 aliphatic rings. The number of ether oxygens (including phenoxy) is 1. The Morgan fingerprint density at radius 1 is 1.38 bits per heavy atom. The minimum Gasteiger partial charge on any atom is -0.381 e. The molecule has 5 nitrogen and oxygen atoms in total. The zero-order chi connectivity index (χ0) is 17.1. The molecule has 1 atom stereocenters. The normalized spacial score (nSPS) is 23.0. The molecule has 0 aliphatic carbocycles. The topological polar surface area (TPSA) is 49.8 Å². The van der Waals surface area contributed by atoms with Gasteiger partial charge in [0, 0.05) is 45.1 Å². The zero-order valence-corrected chi connectivity index (χ0v) is 18.4. The fourth-order valence-electron chi connectivity index (χ4n) is 3.89. The van der Waals surface area contributed by atoms with Gasteiger partial charge in [-0.2, -0.15) is 0 Å². The van der Waals surface area contributed by atoms with Gasteiger partial charge in [0.15, 0.2) is 5.96 Å². The van der Waals surface area contributed by atoms with E-state index in [-0.39, 0.29) is 24.0 Å². The Balaban J connectivity index is 0.00000196. The van der Waals surface area contributed by atoms with Gasteiger partial charge in [-0.3, -0.25) is 4.99 Å². The first-order valence-electron chi connectivity index (χ1n) is 9.16. The highest BCUT2D eigenvalue weighted by atomic mass is 127. The number of aryl methyl sites for hydroxylation is 1. The molecular weight excluding hydrogens is 459 g/mol. The number of rotatable bonds is 4. The van der Waals surface area contributed by atoms with Crippen LogP contribution in [0.25, 0.3) is 10.2 Å². The van der Waals surface area contributed by atoms with E-state index in [4.69, 9.17) is 9.72 Å². The molecule has 2 aliphatic heterocycles. The van der Waals surface area contributed by atoms with Crippen LogP contribution in [0.1, 0.15) is 24.3 Å². The van der Waals surface area contributed by atoms with Gasteiger partial charge < -0.3 is 15.0 Å². The lowest BCUT2D eigenvalue weighted by atomic mass is 9.87. The molecular formula is C19H27IN4OS. The highest BCUT2D eigenvalue weighted by Gasteiger charge is 2.42. The quantitative estimate of drug-likeness (QED) is 0.311. The summed E-state index contributed by atoms with van der Waals surface area (Å²) in [6, 6.07) is 8.36. The first kappa shape index (κ1) is 19.8. The van der Waals surface area contributed by atoms with E-state index < -0.39 is 0 Å². The Bertz CT molecular complexity index is 724. The van der Waals surface area contributed by atoms with Crippen LogP contribution in [-0.4, -0.2) is 55.7 Å². The number of aliphatic imine (C=N–C) groups is 1. The van der Waals surface area contributed by atoms with Crippen molar-refractivity contribution in [3.8, 4) is 0 Å². The van der Waals surface area contributed by atoms with E-state index in [1.165, 1.54) is 22.5 Å². The molecule has 26 heavy (non-hydrogen) atoms. The minimum atomic E-state index is 0. The molecule has 0 amide bonds. The molecule has 0 radical (unpaired) electrons. The van der Waals surface area contributed by atoms with Crippen molar-refractivity contribution < 1.29 is 4.74 Å². The molecule has 0 saturated carbocycles. The predicted octanol–water partition coefficient (Wildman–Crippen LogP) is 3.53. The molecule has 142 valence electrons. The molecule has 1 aromatic carbocycles. The Labute approximate surface area is 176 Å². The van der Waals surface area contributed by atoms with Crippen molar-refractivity contribution >= 4 is 51.5 Å². The van der Waals surface area contributed by atoms with E-state index >= 15 is 0 Å². The van der Waals surface area contributed by atoms with Crippen molar-refractivity contribution in [3.63, 3.8) is 0 Å². The molecule has 1 unspecified atom stereocenters. The molecule has 1 N–H and O–H groups in total. The highest BCUT2D eigenvalue weighted by Crippen LogP contribution is 2.38. The fourth-order valence-corrected chi connectivity index (χ4v) is 4.90. The number of fused-ring (bicyclic) bond motifs is 1. The van der Waals surface area contributed by atoms with E-state index in [9.17, 15) is 0 Å². The second-order valence-electron chi connectivity index (χ2n) is 7.13. The van der Waals surface area contributed by atoms with Crippen molar-refractivity contribution in [1.29, 1.82) is 0 Å². The van der Waals surface area contributed by atoms with Gasteiger partial charge in [0.1, 0.15) is 0 Å². The fraction of sp³-hybridized carbons (Fsp3) is 0.579. The lowest BCUT2D eigenvalue weighted by Crippen LogP contribution is -2.41. The lowest BCUT2D eigenvalue weighted by Gasteiger charge is -2.24. The van der Waals surface area contributed by atoms with Crippen molar-refractivity contribution in [2.75, 3.05) is 39.9 Å². The monoisotopic (exact) mass is 486 g/mol. The first-order chi connectivity index (χ1) is 12.3. The molecule has 2 aromatic rings. The number of nitrogens with zero attached hydrogens (tertiary/aromatic N) is 3. The maximum Gasteiger partial charge on any atom is 0.193 e. The van der Waals surface area contributed by atoms with Crippen LogP contribution in [-0.2, 0) is 11.2 Å². The number of guanidine groups is 1. The smallest absolute Gasteiger partial charge is 0.193 e. The van der Waals surface area contributed by atoms with Crippen molar-refractivity contribution in [3.05, 3.63) is 29.3 Å². The summed E-state index contributed by atoms with van der Waals surface area (Å²) in [6.45, 7) is 4.92. The number of nitrogens with one attached hydrogen (secondary N) is 1. The lowest BCUT2D eigenvalue weighted by molar-refractivity contribution is 0.156. The molecule has 2 fully saturated rings. The van der Waals surface area contributed by atoms with Crippen molar-refractivity contribution in [2.45, 2.75) is 25.7 Å². The van der Waals surface area contributed by atoms with Crippen molar-refractivity contribution in [1.82, 2.24) is 15.2 Å². The molecule has 0 bridgehead atoms. The van der Waals surface area contributed by atoms with Gasteiger partial charge in [-0.05, 0) is 31.4 Å². The molecule has 7 heteroatoms. The van der Waals surface area contributed by atoms with Gasteiger partial charge in [-0.15, -0.1) is 35.3 Å². The van der Waals surface area contributed by atoms with E-state index in [0.717, 1.165) is 57.2 Å². The molecule has 3 heterocycles. The summed E-state index contributed by atoms with van der Waals surface area (Å²) < 4.78 is 6.90. The number of likely N-dealkylation sites (tertiary alicyclic amines) is 1. The standard InChI is InChI=1S/C19H26N4OS.HI/c1-20-18(23-11-8-19(13-23)9-12-24-14-19)21-10-4-7-17-22-15-5-2-3-6-16(15)25-17;/h2-3,5-6H,4,7-14H2,1H3,(H,20,21);1H. The third kappa shape index (κ3) is 4.31. The summed E-state index contributed by atoms with van der Waals surface area (Å²) in [5, 5.41) is 4.76. The zero-order valence-electron chi connectivity index (χ0n) is 15.2. The van der Waals surface area contributed by atoms with E-state index in [1.807, 2.05) is 7.05 Å². The summed E-state index contributed by atoms with van der Waals surface area (Å²) in [6.07, 6.45) is 4.50. The van der Waals surface area contributed by atoms with E-state index in [0.29, 0.717) is 5.41 Å². The highest BCUT2D eigenvalue weighted by molar-refractivity contribution is 14.0. The van der Waals surface area contributed by atoms with Crippen LogP contribution >= 0.6 is 35.3 Å². The Morgan fingerprint density at radius 2 is 2.27 bits per heavy atom. The number of aromatic nitrogens is 1. The van der Waals surface area contributed by atoms with Crippen LogP contribution < -0.4 is 5.32 Å². The predicted molar refractivity (Wildman–Crippen MR) is 119 cm³/mol. The molecule has 1 aromatic heterocycles. The van der Waals surface area contributed by atoms with Gasteiger partial charge >= 0.3 is 0 Å². The van der Waals surface area contributed by atoms with Gasteiger partial charge in [0.25, 0.3) is 0 Å². The summed E-state index contributed by atoms with van der Waals surface area (Å²) in [5.74, 6) is 1.04. The van der Waals surface area contributed by atoms with Gasteiger partial charge in [0.05, 0.1) is 21.8 Å². The number of hydrogen-bond donors (Lipinski definition) is 1. The minimum absolute atomic E-state index is 0. The second kappa shape index (κ2) is 8.84. The Kier molecular flexibility index (Phi) is 6.74. The van der Waals surface area contributed by atoms with Crippen LogP contribution in [0.5, 0.6) is 0 Å². The average molecular weight is 486 g/mol. The number of halogens is 1. The maximum atomic E-state index is 5.62. The molecule has 1 spiro atoms. The number of para-hydroxylation sites is 1. The largest absolute Gasteiger partial charge is 0.381 e. The van der Waals surface area contributed by atoms with Gasteiger partial charge in [-0.25, -0.2) is 4.98 Å². The van der Waals surface area contributed by atoms with E-state index in [1.54, 1.807) is 11.3 Å². The molecule has 2 saturated heterocycles. The number of thiazole rings is 1. The summed E-state index contributed by atoms with van der Waals surface area (Å²) in [4.78, 5) is 11.6. The third-order valence-electron chi connectivity index (χ3n) is 5.32. The molecule has 4 rings (SSSR count). The van der Waals surface area contributed by atoms with Crippen LogP contribution in [0.2, 0.25) is 0 Å². The van der Waals surface area contributed by atoms with Crippen LogP contribution in [0, 0.1) is 5.41 Å². The maximum absolute atomic E-state index is 5.62. The SMILES string of the molecule is CN=C(NCCCc1nc2ccccc2s1)N1CCC2(CCOC2)C1.I. The van der Waals surface area contributed by atoms with Gasteiger partial charge in [0.2, 0.25) is 0 Å². The summed E-state index contributed by atoms with van der Waals surface area (Å²) in [7, 11) is 1.88. The number of benzene rings is 1. The van der Waals surface area contributed by atoms with Crippen LogP contribution in [0.4, 0.5) is 0 Å². The van der Waals surface area contributed by atoms with E-state index in [2.05, 4.69) is 39.5 Å². The van der Waals surface area contributed by atoms with Crippen LogP contribution in [0.3, 0.4) is 0 Å².